The first kappa shape index (κ1) is 18.8. The molecule has 0 aliphatic rings. The molecule has 2 aromatic carbocycles. The van der Waals surface area contributed by atoms with Crippen LogP contribution in [-0.4, -0.2) is 30.1 Å². The SMILES string of the molecule is CNc1ccc(Nc2ccc(NS(C)(=O)=O)cc2NS(N)(=O)=O)cc1. The summed E-state index contributed by atoms with van der Waals surface area (Å²) in [7, 11) is -5.75. The Morgan fingerprint density at radius 3 is 1.88 bits per heavy atom. The van der Waals surface area contributed by atoms with E-state index in [2.05, 4.69) is 20.1 Å². The van der Waals surface area contributed by atoms with Crippen molar-refractivity contribution in [2.45, 2.75) is 0 Å². The monoisotopic (exact) mass is 385 g/mol. The maximum Gasteiger partial charge on any atom is 0.296 e. The van der Waals surface area contributed by atoms with Gasteiger partial charge in [-0.1, -0.05) is 0 Å². The predicted molar refractivity (Wildman–Crippen MR) is 101 cm³/mol. The van der Waals surface area contributed by atoms with Gasteiger partial charge in [-0.2, -0.15) is 8.42 Å². The molecule has 0 saturated heterocycles. The zero-order chi connectivity index (χ0) is 18.7. The molecule has 0 amide bonds. The fourth-order valence-corrected chi connectivity index (χ4v) is 3.07. The fourth-order valence-electron chi connectivity index (χ4n) is 2.04. The third-order valence-electron chi connectivity index (χ3n) is 3.03. The van der Waals surface area contributed by atoms with Gasteiger partial charge in [0.15, 0.2) is 0 Å². The fraction of sp³-hybridized carbons (Fsp3) is 0.143. The maximum absolute atomic E-state index is 11.4. The van der Waals surface area contributed by atoms with Gasteiger partial charge in [-0.25, -0.2) is 13.6 Å². The molecule has 0 atom stereocenters. The molecular weight excluding hydrogens is 366 g/mol. The number of rotatable bonds is 7. The van der Waals surface area contributed by atoms with Gasteiger partial charge >= 0.3 is 0 Å². The summed E-state index contributed by atoms with van der Waals surface area (Å²) in [6.07, 6.45) is 0.995. The Morgan fingerprint density at radius 1 is 0.800 bits per heavy atom. The standard InChI is InChI=1S/C14H19N5O4S2/c1-16-10-3-5-11(6-4-10)17-13-8-7-12(18-24(2,20)21)9-14(13)19-25(15,22)23/h3-9,16-19H,1-2H3,(H2,15,22,23). The van der Waals surface area contributed by atoms with Gasteiger partial charge in [0, 0.05) is 18.4 Å². The minimum atomic E-state index is -4.04. The normalized spacial score (nSPS) is 11.6. The van der Waals surface area contributed by atoms with Crippen LogP contribution in [0.4, 0.5) is 28.4 Å². The summed E-state index contributed by atoms with van der Waals surface area (Å²) in [5, 5.41) is 11.1. The molecule has 0 unspecified atom stereocenters. The van der Waals surface area contributed by atoms with Gasteiger partial charge in [0.1, 0.15) is 0 Å². The molecule has 0 aliphatic heterocycles. The predicted octanol–water partition coefficient (Wildman–Crippen LogP) is 1.46. The van der Waals surface area contributed by atoms with Gasteiger partial charge < -0.3 is 10.6 Å². The van der Waals surface area contributed by atoms with E-state index >= 15 is 0 Å². The minimum Gasteiger partial charge on any atom is -0.388 e. The molecule has 11 heteroatoms. The number of benzene rings is 2. The van der Waals surface area contributed by atoms with Gasteiger partial charge in [-0.05, 0) is 42.5 Å². The summed E-state index contributed by atoms with van der Waals surface area (Å²) in [6.45, 7) is 0. The summed E-state index contributed by atoms with van der Waals surface area (Å²) in [5.74, 6) is 0. The Bertz CT molecular complexity index is 957. The van der Waals surface area contributed by atoms with Crippen LogP contribution < -0.4 is 25.2 Å². The molecule has 0 aliphatic carbocycles. The molecule has 0 radical (unpaired) electrons. The summed E-state index contributed by atoms with van der Waals surface area (Å²) >= 11 is 0. The largest absolute Gasteiger partial charge is 0.388 e. The Hall–Kier alpha value is -2.50. The molecule has 0 bridgehead atoms. The van der Waals surface area contributed by atoms with Gasteiger partial charge in [0.2, 0.25) is 10.0 Å². The third kappa shape index (κ3) is 6.14. The number of hydrogen-bond acceptors (Lipinski definition) is 6. The lowest BCUT2D eigenvalue weighted by molar-refractivity contribution is 0.602. The highest BCUT2D eigenvalue weighted by Gasteiger charge is 2.11. The molecule has 136 valence electrons. The Labute approximate surface area is 146 Å². The quantitative estimate of drug-likeness (QED) is 0.488. The van der Waals surface area contributed by atoms with Gasteiger partial charge in [-0.3, -0.25) is 9.44 Å². The van der Waals surface area contributed by atoms with Crippen molar-refractivity contribution in [2.75, 3.05) is 33.4 Å². The number of nitrogens with two attached hydrogens (primary N) is 1. The lowest BCUT2D eigenvalue weighted by Crippen LogP contribution is -2.22. The number of sulfonamides is 1. The summed E-state index contributed by atoms with van der Waals surface area (Å²) in [6, 6.07) is 11.6. The van der Waals surface area contributed by atoms with Crippen LogP contribution in [0, 0.1) is 0 Å². The second-order valence-electron chi connectivity index (χ2n) is 5.23. The molecule has 9 nitrogen and oxygen atoms in total. The first-order chi connectivity index (χ1) is 11.6. The van der Waals surface area contributed by atoms with Crippen LogP contribution >= 0.6 is 0 Å². The van der Waals surface area contributed by atoms with Gasteiger partial charge in [0.05, 0.1) is 23.3 Å². The maximum atomic E-state index is 11.4. The molecule has 25 heavy (non-hydrogen) atoms. The zero-order valence-corrected chi connectivity index (χ0v) is 15.2. The molecule has 6 N–H and O–H groups in total. The van der Waals surface area contributed by atoms with E-state index in [-0.39, 0.29) is 11.4 Å². The lowest BCUT2D eigenvalue weighted by atomic mass is 10.2. The van der Waals surface area contributed by atoms with Crippen LogP contribution in [0.5, 0.6) is 0 Å². The van der Waals surface area contributed by atoms with E-state index in [0.29, 0.717) is 11.4 Å². The summed E-state index contributed by atoms with van der Waals surface area (Å²) in [4.78, 5) is 0. The molecule has 0 fully saturated rings. The molecule has 0 aromatic heterocycles. The second kappa shape index (κ2) is 7.17. The van der Waals surface area contributed by atoms with Crippen LogP contribution in [0.1, 0.15) is 0 Å². The molecule has 2 rings (SSSR count). The molecule has 2 aromatic rings. The highest BCUT2D eigenvalue weighted by atomic mass is 32.2. The van der Waals surface area contributed by atoms with Crippen LogP contribution in [0.25, 0.3) is 0 Å². The van der Waals surface area contributed by atoms with Crippen LogP contribution in [-0.2, 0) is 20.2 Å². The smallest absolute Gasteiger partial charge is 0.296 e. The van der Waals surface area contributed by atoms with E-state index in [4.69, 9.17) is 5.14 Å². The van der Waals surface area contributed by atoms with Gasteiger partial charge in [-0.15, -0.1) is 0 Å². The number of anilines is 5. The van der Waals surface area contributed by atoms with Crippen molar-refractivity contribution >= 4 is 48.7 Å². The van der Waals surface area contributed by atoms with Crippen molar-refractivity contribution in [1.29, 1.82) is 0 Å². The Kier molecular flexibility index (Phi) is 5.40. The lowest BCUT2D eigenvalue weighted by Gasteiger charge is -2.15. The Morgan fingerprint density at radius 2 is 1.36 bits per heavy atom. The van der Waals surface area contributed by atoms with Crippen molar-refractivity contribution in [3.63, 3.8) is 0 Å². The van der Waals surface area contributed by atoms with Crippen molar-refractivity contribution in [2.24, 2.45) is 5.14 Å². The van der Waals surface area contributed by atoms with Crippen LogP contribution in [0.2, 0.25) is 0 Å². The van der Waals surface area contributed by atoms with E-state index in [1.54, 1.807) is 19.2 Å². The molecule has 0 spiro atoms. The first-order valence-electron chi connectivity index (χ1n) is 7.03. The third-order valence-corrected chi connectivity index (χ3v) is 4.14. The molecule has 0 heterocycles. The van der Waals surface area contributed by atoms with Crippen LogP contribution in [0.3, 0.4) is 0 Å². The average molecular weight is 385 g/mol. The molecule has 0 saturated carbocycles. The number of hydrogen-bond donors (Lipinski definition) is 5. The van der Waals surface area contributed by atoms with Crippen molar-refractivity contribution in [1.82, 2.24) is 0 Å². The molecular formula is C14H19N5O4S2. The van der Waals surface area contributed by atoms with Crippen LogP contribution in [0.15, 0.2) is 42.5 Å². The van der Waals surface area contributed by atoms with Crippen molar-refractivity contribution < 1.29 is 16.8 Å². The second-order valence-corrected chi connectivity index (χ2v) is 8.28. The summed E-state index contributed by atoms with van der Waals surface area (Å²) in [5.41, 5.74) is 2.34. The number of nitrogens with one attached hydrogen (secondary N) is 4. The van der Waals surface area contributed by atoms with E-state index in [1.807, 2.05) is 12.1 Å². The van der Waals surface area contributed by atoms with Crippen molar-refractivity contribution in [3.05, 3.63) is 42.5 Å². The highest BCUT2D eigenvalue weighted by molar-refractivity contribution is 7.92. The summed E-state index contributed by atoms with van der Waals surface area (Å²) < 4.78 is 49.9. The first-order valence-corrected chi connectivity index (χ1v) is 10.5. The van der Waals surface area contributed by atoms with E-state index < -0.39 is 20.2 Å². The zero-order valence-electron chi connectivity index (χ0n) is 13.6. The average Bonchev–Trinajstić information content (AvgIpc) is 2.47. The van der Waals surface area contributed by atoms with E-state index in [0.717, 1.165) is 11.9 Å². The van der Waals surface area contributed by atoms with Gasteiger partial charge in [0.25, 0.3) is 10.2 Å². The minimum absolute atomic E-state index is 0.105. The topological polar surface area (TPSA) is 142 Å². The van der Waals surface area contributed by atoms with E-state index in [9.17, 15) is 16.8 Å². The van der Waals surface area contributed by atoms with E-state index in [1.165, 1.54) is 18.2 Å². The Balaban J connectivity index is 2.37. The van der Waals surface area contributed by atoms with Crippen molar-refractivity contribution in [3.8, 4) is 0 Å². The highest BCUT2D eigenvalue weighted by Crippen LogP contribution is 2.30.